The third-order valence-corrected chi connectivity index (χ3v) is 3.58. The molecule has 0 aliphatic carbocycles. The predicted molar refractivity (Wildman–Crippen MR) is 79.0 cm³/mol. The average Bonchev–Trinajstić information content (AvgIpc) is 2.36. The summed E-state index contributed by atoms with van der Waals surface area (Å²) < 4.78 is 10.5. The first-order valence-electron chi connectivity index (χ1n) is 6.48. The Morgan fingerprint density at radius 2 is 1.76 bits per heavy atom. The molecular weight excluding hydrogens is 275 g/mol. The Hall–Kier alpha value is -1.57. The number of carboxylic acids is 1. The number of hydrogen-bond acceptors (Lipinski definition) is 5. The Morgan fingerprint density at radius 3 is 2.19 bits per heavy atom. The maximum absolute atomic E-state index is 11.1. The van der Waals surface area contributed by atoms with Gasteiger partial charge in [-0.1, -0.05) is 0 Å². The van der Waals surface area contributed by atoms with Gasteiger partial charge in [-0.15, -0.1) is 0 Å². The Labute approximate surface area is 124 Å². The first-order chi connectivity index (χ1) is 9.48. The van der Waals surface area contributed by atoms with Crippen LogP contribution in [0.25, 0.3) is 0 Å². The summed E-state index contributed by atoms with van der Waals surface area (Å²) in [4.78, 5) is 11.1. The molecule has 1 aromatic carbocycles. The van der Waals surface area contributed by atoms with Crippen LogP contribution in [0.3, 0.4) is 0 Å². The number of aliphatic hydroxyl groups is 1. The summed E-state index contributed by atoms with van der Waals surface area (Å²) in [5.74, 6) is -0.835. The van der Waals surface area contributed by atoms with Crippen molar-refractivity contribution in [3.63, 3.8) is 0 Å². The molecule has 1 rings (SSSR count). The zero-order chi connectivity index (χ0) is 16.4. The van der Waals surface area contributed by atoms with Crippen LogP contribution in [0, 0.1) is 0 Å². The fourth-order valence-corrected chi connectivity index (χ4v) is 1.50. The van der Waals surface area contributed by atoms with Gasteiger partial charge in [0.05, 0.1) is 23.9 Å². The fourth-order valence-electron chi connectivity index (χ4n) is 1.50. The summed E-state index contributed by atoms with van der Waals surface area (Å²) >= 11 is 0. The lowest BCUT2D eigenvalue weighted by molar-refractivity contribution is -0.0982. The van der Waals surface area contributed by atoms with E-state index in [2.05, 4.69) is 0 Å². The van der Waals surface area contributed by atoms with E-state index in [0.717, 1.165) is 0 Å². The minimum Gasteiger partial charge on any atom is -0.497 e. The zero-order valence-electron chi connectivity index (χ0n) is 12.9. The van der Waals surface area contributed by atoms with Gasteiger partial charge in [0.1, 0.15) is 5.75 Å². The van der Waals surface area contributed by atoms with E-state index in [1.54, 1.807) is 27.7 Å². The van der Waals surface area contributed by atoms with Crippen molar-refractivity contribution in [1.82, 2.24) is 0 Å². The maximum atomic E-state index is 11.1. The van der Waals surface area contributed by atoms with Crippen molar-refractivity contribution in [2.45, 2.75) is 38.9 Å². The molecule has 0 unspecified atom stereocenters. The summed E-state index contributed by atoms with van der Waals surface area (Å²) in [6.07, 6.45) is 0. The van der Waals surface area contributed by atoms with E-state index in [0.29, 0.717) is 5.75 Å². The molecule has 3 N–H and O–H groups in total. The molecule has 0 bridgehead atoms. The molecule has 0 atom stereocenters. The normalized spacial score (nSPS) is 12.1. The Bertz CT molecular complexity index is 521. The Balaban J connectivity index is 3.10. The van der Waals surface area contributed by atoms with E-state index in [1.165, 1.54) is 25.3 Å². The molecule has 116 valence electrons. The minimum atomic E-state index is -1.39. The third-order valence-electron chi connectivity index (χ3n) is 3.58. The lowest BCUT2D eigenvalue weighted by Crippen LogP contribution is -2.53. The van der Waals surface area contributed by atoms with Crippen molar-refractivity contribution >= 4 is 18.6 Å². The van der Waals surface area contributed by atoms with E-state index < -0.39 is 24.3 Å². The molecule has 0 fully saturated rings. The van der Waals surface area contributed by atoms with Gasteiger partial charge in [0.2, 0.25) is 0 Å². The van der Waals surface area contributed by atoms with E-state index in [-0.39, 0.29) is 11.0 Å². The summed E-state index contributed by atoms with van der Waals surface area (Å²) in [6, 6.07) is 4.13. The Kier molecular flexibility index (Phi) is 5.04. The van der Waals surface area contributed by atoms with Gasteiger partial charge in [-0.3, -0.25) is 0 Å². The van der Waals surface area contributed by atoms with Crippen molar-refractivity contribution in [3.05, 3.63) is 23.8 Å². The summed E-state index contributed by atoms with van der Waals surface area (Å²) in [6.45, 7) is 6.39. The number of benzene rings is 1. The SMILES string of the molecule is COc1cc(B(O)OC(C)(C)C(C)(C)O)cc(C(=O)O)c1. The van der Waals surface area contributed by atoms with Crippen LogP contribution in [-0.4, -0.2) is 46.6 Å². The first-order valence-corrected chi connectivity index (χ1v) is 6.48. The molecule has 0 saturated carbocycles. The zero-order valence-corrected chi connectivity index (χ0v) is 12.9. The van der Waals surface area contributed by atoms with Gasteiger partial charge >= 0.3 is 13.1 Å². The van der Waals surface area contributed by atoms with Crippen LogP contribution in [0.4, 0.5) is 0 Å². The van der Waals surface area contributed by atoms with Crippen LogP contribution in [0.2, 0.25) is 0 Å². The molecular formula is C14H21BO6. The molecule has 0 aliphatic heterocycles. The van der Waals surface area contributed by atoms with E-state index in [4.69, 9.17) is 14.5 Å². The van der Waals surface area contributed by atoms with E-state index in [9.17, 15) is 14.9 Å². The van der Waals surface area contributed by atoms with Crippen LogP contribution in [0.15, 0.2) is 18.2 Å². The molecule has 0 heterocycles. The van der Waals surface area contributed by atoms with Gasteiger partial charge in [0.15, 0.2) is 0 Å². The molecule has 21 heavy (non-hydrogen) atoms. The molecule has 6 nitrogen and oxygen atoms in total. The number of rotatable bonds is 6. The topological polar surface area (TPSA) is 96.2 Å². The first kappa shape index (κ1) is 17.5. The molecule has 0 spiro atoms. The van der Waals surface area contributed by atoms with Crippen LogP contribution < -0.4 is 10.2 Å². The third kappa shape index (κ3) is 4.20. The van der Waals surface area contributed by atoms with Crippen LogP contribution in [-0.2, 0) is 4.65 Å². The van der Waals surface area contributed by atoms with Crippen LogP contribution in [0.5, 0.6) is 5.75 Å². The van der Waals surface area contributed by atoms with Crippen molar-refractivity contribution in [3.8, 4) is 5.75 Å². The monoisotopic (exact) mass is 296 g/mol. The average molecular weight is 296 g/mol. The van der Waals surface area contributed by atoms with Gasteiger partial charge < -0.3 is 24.6 Å². The molecule has 1 aromatic rings. The number of hydrogen-bond donors (Lipinski definition) is 3. The molecule has 7 heteroatoms. The highest BCUT2D eigenvalue weighted by Gasteiger charge is 2.39. The molecule has 0 radical (unpaired) electrons. The molecule has 0 saturated heterocycles. The van der Waals surface area contributed by atoms with Crippen LogP contribution >= 0.6 is 0 Å². The van der Waals surface area contributed by atoms with Gasteiger partial charge in [-0.2, -0.15) is 0 Å². The van der Waals surface area contributed by atoms with Crippen molar-refractivity contribution < 1.29 is 29.4 Å². The van der Waals surface area contributed by atoms with Crippen molar-refractivity contribution in [2.75, 3.05) is 7.11 Å². The smallest absolute Gasteiger partial charge is 0.491 e. The lowest BCUT2D eigenvalue weighted by atomic mass is 9.76. The maximum Gasteiger partial charge on any atom is 0.491 e. The summed E-state index contributed by atoms with van der Waals surface area (Å²) in [7, 11) is 0.0123. The van der Waals surface area contributed by atoms with E-state index >= 15 is 0 Å². The lowest BCUT2D eigenvalue weighted by Gasteiger charge is -2.38. The highest BCUT2D eigenvalue weighted by molar-refractivity contribution is 6.60. The van der Waals surface area contributed by atoms with Gasteiger partial charge in [0.25, 0.3) is 0 Å². The largest absolute Gasteiger partial charge is 0.497 e. The summed E-state index contributed by atoms with van der Waals surface area (Å²) in [5, 5.41) is 29.2. The Morgan fingerprint density at radius 1 is 1.19 bits per heavy atom. The quantitative estimate of drug-likeness (QED) is 0.667. The number of carboxylic acid groups (broad SMARTS) is 1. The number of aromatic carboxylic acids is 1. The molecule has 0 amide bonds. The second-order valence-electron chi connectivity index (χ2n) is 5.84. The fraction of sp³-hybridized carbons (Fsp3) is 0.500. The minimum absolute atomic E-state index is 0.0203. The molecule has 0 aromatic heterocycles. The second-order valence-corrected chi connectivity index (χ2v) is 5.84. The number of ether oxygens (including phenoxy) is 1. The van der Waals surface area contributed by atoms with Crippen molar-refractivity contribution in [2.24, 2.45) is 0 Å². The van der Waals surface area contributed by atoms with E-state index in [1.807, 2.05) is 0 Å². The summed E-state index contributed by atoms with van der Waals surface area (Å²) in [5.41, 5.74) is -2.02. The van der Waals surface area contributed by atoms with Gasteiger partial charge in [0, 0.05) is 0 Å². The molecule has 0 aliphatic rings. The standard InChI is InChI=1S/C14H21BO6/c1-13(2,18)14(3,4)21-15(19)10-6-9(12(16)17)7-11(8-10)20-5/h6-8,18-19H,1-5H3,(H,16,17). The highest BCUT2D eigenvalue weighted by atomic mass is 16.5. The van der Waals surface area contributed by atoms with Crippen molar-refractivity contribution in [1.29, 1.82) is 0 Å². The van der Waals surface area contributed by atoms with Gasteiger partial charge in [-0.05, 0) is 51.4 Å². The number of methoxy groups -OCH3 is 1. The van der Waals surface area contributed by atoms with Gasteiger partial charge in [-0.25, -0.2) is 4.79 Å². The highest BCUT2D eigenvalue weighted by Crippen LogP contribution is 2.25. The second kappa shape index (κ2) is 6.05. The number of carbonyl (C=O) groups is 1. The predicted octanol–water partition coefficient (Wildman–Crippen LogP) is 0.647. The van der Waals surface area contributed by atoms with Crippen LogP contribution in [0.1, 0.15) is 38.1 Å².